The van der Waals surface area contributed by atoms with Crippen molar-refractivity contribution < 1.29 is 22.6 Å². The van der Waals surface area contributed by atoms with Gasteiger partial charge in [0.2, 0.25) is 0 Å². The molecule has 26 heavy (non-hydrogen) atoms. The summed E-state index contributed by atoms with van der Waals surface area (Å²) in [7, 11) is 1.37. The minimum Gasteiger partial charge on any atom is -0.497 e. The van der Waals surface area contributed by atoms with Crippen LogP contribution in [0.2, 0.25) is 0 Å². The van der Waals surface area contributed by atoms with Crippen molar-refractivity contribution in [2.24, 2.45) is 5.92 Å². The molecular formula is C18H26ClF3N2O2. The number of methoxy groups -OCH3 is 1. The van der Waals surface area contributed by atoms with Crippen LogP contribution in [0, 0.1) is 5.92 Å². The minimum absolute atomic E-state index is 0. The third-order valence-electron chi connectivity index (χ3n) is 5.21. The zero-order chi connectivity index (χ0) is 17.9. The molecule has 1 aromatic carbocycles. The number of nitrogens with one attached hydrogen (secondary N) is 2. The van der Waals surface area contributed by atoms with Crippen LogP contribution in [0.1, 0.15) is 30.4 Å². The highest BCUT2D eigenvalue weighted by molar-refractivity contribution is 5.85. The summed E-state index contributed by atoms with van der Waals surface area (Å²) in [5.41, 5.74) is -0.375. The molecule has 1 saturated heterocycles. The Morgan fingerprint density at radius 3 is 2.77 bits per heavy atom. The van der Waals surface area contributed by atoms with E-state index in [1.165, 1.54) is 13.2 Å². The summed E-state index contributed by atoms with van der Waals surface area (Å²) < 4.78 is 50.4. The van der Waals surface area contributed by atoms with Crippen molar-refractivity contribution in [3.8, 4) is 5.75 Å². The molecular weight excluding hydrogens is 369 g/mol. The number of hydrogen-bond donors (Lipinski definition) is 2. The summed E-state index contributed by atoms with van der Waals surface area (Å²) in [4.78, 5) is 0. The number of halogens is 4. The molecule has 3 unspecified atom stereocenters. The van der Waals surface area contributed by atoms with E-state index in [1.807, 2.05) is 0 Å². The summed E-state index contributed by atoms with van der Waals surface area (Å²) in [5, 5.41) is 6.84. The molecule has 2 aliphatic rings. The average molecular weight is 395 g/mol. The Bertz CT molecular complexity index is 580. The van der Waals surface area contributed by atoms with Crippen LogP contribution in [0.3, 0.4) is 0 Å². The van der Waals surface area contributed by atoms with Gasteiger partial charge >= 0.3 is 6.18 Å². The highest BCUT2D eigenvalue weighted by Crippen LogP contribution is 2.35. The first kappa shape index (κ1) is 21.3. The molecule has 3 rings (SSSR count). The zero-order valence-electron chi connectivity index (χ0n) is 14.8. The van der Waals surface area contributed by atoms with Crippen LogP contribution in [0.5, 0.6) is 5.75 Å². The van der Waals surface area contributed by atoms with Gasteiger partial charge in [-0.05, 0) is 36.5 Å². The molecule has 0 radical (unpaired) electrons. The second kappa shape index (κ2) is 9.26. The van der Waals surface area contributed by atoms with E-state index in [0.717, 1.165) is 38.5 Å². The Balaban J connectivity index is 0.00000243. The fourth-order valence-corrected chi connectivity index (χ4v) is 3.93. The van der Waals surface area contributed by atoms with E-state index in [-0.39, 0.29) is 42.3 Å². The molecule has 2 fully saturated rings. The number of rotatable bonds is 5. The van der Waals surface area contributed by atoms with E-state index in [1.54, 1.807) is 6.07 Å². The van der Waals surface area contributed by atoms with Crippen molar-refractivity contribution in [3.63, 3.8) is 0 Å². The second-order valence-electron chi connectivity index (χ2n) is 6.74. The molecule has 1 aromatic rings. The van der Waals surface area contributed by atoms with Gasteiger partial charge in [0.15, 0.2) is 0 Å². The zero-order valence-corrected chi connectivity index (χ0v) is 15.6. The van der Waals surface area contributed by atoms with Crippen LogP contribution in [0.4, 0.5) is 13.2 Å². The molecule has 1 heterocycles. The van der Waals surface area contributed by atoms with Crippen LogP contribution in [-0.4, -0.2) is 39.0 Å². The summed E-state index contributed by atoms with van der Waals surface area (Å²) in [5.74, 6) is 0.617. The Labute approximate surface area is 158 Å². The first-order valence-electron chi connectivity index (χ1n) is 8.77. The van der Waals surface area contributed by atoms with Gasteiger partial charge in [-0.1, -0.05) is 12.5 Å². The molecule has 1 aliphatic carbocycles. The van der Waals surface area contributed by atoms with Crippen molar-refractivity contribution in [1.29, 1.82) is 0 Å². The minimum atomic E-state index is -4.39. The van der Waals surface area contributed by atoms with Gasteiger partial charge < -0.3 is 20.1 Å². The lowest BCUT2D eigenvalue weighted by atomic mass is 9.93. The molecule has 3 atom stereocenters. The maximum Gasteiger partial charge on any atom is 0.416 e. The smallest absolute Gasteiger partial charge is 0.416 e. The first-order valence-corrected chi connectivity index (χ1v) is 8.77. The van der Waals surface area contributed by atoms with Crippen LogP contribution in [-0.2, 0) is 17.5 Å². The van der Waals surface area contributed by atoms with E-state index in [4.69, 9.17) is 9.47 Å². The summed E-state index contributed by atoms with van der Waals surface area (Å²) >= 11 is 0. The normalized spacial score (nSPS) is 26.4. The number of ether oxygens (including phenoxy) is 2. The fourth-order valence-electron chi connectivity index (χ4n) is 3.93. The number of alkyl halides is 3. The average Bonchev–Trinajstić information content (AvgIpc) is 3.08. The second-order valence-corrected chi connectivity index (χ2v) is 6.74. The predicted molar refractivity (Wildman–Crippen MR) is 95.8 cm³/mol. The lowest BCUT2D eigenvalue weighted by Gasteiger charge is -2.33. The van der Waals surface area contributed by atoms with E-state index >= 15 is 0 Å². The largest absolute Gasteiger partial charge is 0.497 e. The van der Waals surface area contributed by atoms with Crippen molar-refractivity contribution in [3.05, 3.63) is 29.3 Å². The maximum absolute atomic E-state index is 13.3. The quantitative estimate of drug-likeness (QED) is 0.803. The molecule has 1 saturated carbocycles. The number of benzene rings is 1. The third kappa shape index (κ3) is 5.03. The Kier molecular flexibility index (Phi) is 7.58. The first-order chi connectivity index (χ1) is 12.0. The van der Waals surface area contributed by atoms with Gasteiger partial charge in [0.25, 0.3) is 0 Å². The summed E-state index contributed by atoms with van der Waals surface area (Å²) in [6.07, 6.45) is -1.23. The summed E-state index contributed by atoms with van der Waals surface area (Å²) in [6, 6.07) is 4.64. The van der Waals surface area contributed by atoms with Gasteiger partial charge in [0, 0.05) is 25.2 Å². The molecule has 0 bridgehead atoms. The van der Waals surface area contributed by atoms with Gasteiger partial charge in [-0.3, -0.25) is 0 Å². The predicted octanol–water partition coefficient (Wildman–Crippen LogP) is 3.38. The Morgan fingerprint density at radius 1 is 1.31 bits per heavy atom. The van der Waals surface area contributed by atoms with E-state index < -0.39 is 11.7 Å². The third-order valence-corrected chi connectivity index (χ3v) is 5.21. The van der Waals surface area contributed by atoms with E-state index in [2.05, 4.69) is 10.6 Å². The van der Waals surface area contributed by atoms with Gasteiger partial charge in [0.1, 0.15) is 5.75 Å². The molecule has 8 heteroatoms. The number of hydrogen-bond acceptors (Lipinski definition) is 4. The lowest BCUT2D eigenvalue weighted by Crippen LogP contribution is -2.50. The monoisotopic (exact) mass is 394 g/mol. The highest BCUT2D eigenvalue weighted by atomic mass is 35.5. The molecule has 4 nitrogen and oxygen atoms in total. The topological polar surface area (TPSA) is 42.5 Å². The van der Waals surface area contributed by atoms with Crippen molar-refractivity contribution in [2.75, 3.05) is 26.9 Å². The Morgan fingerprint density at radius 2 is 2.12 bits per heavy atom. The van der Waals surface area contributed by atoms with Gasteiger partial charge in [-0.2, -0.15) is 13.2 Å². The molecule has 0 aromatic heterocycles. The molecule has 2 N–H and O–H groups in total. The fraction of sp³-hybridized carbons (Fsp3) is 0.667. The molecule has 0 amide bonds. The number of morpholine rings is 1. The van der Waals surface area contributed by atoms with Crippen LogP contribution in [0.15, 0.2) is 18.2 Å². The van der Waals surface area contributed by atoms with E-state index in [0.29, 0.717) is 12.5 Å². The standard InChI is InChI=1S/C18H25F3N2O2.ClH/c1-24-13-6-5-12(15(9-13)18(19,20)21)10-23-16-4-2-3-14(16)17-11-25-8-7-22-17;/h5-6,9,14,16-17,22-23H,2-4,7-8,10-11H2,1H3;1H. The van der Waals surface area contributed by atoms with Gasteiger partial charge in [0.05, 0.1) is 25.9 Å². The maximum atomic E-state index is 13.3. The van der Waals surface area contributed by atoms with E-state index in [9.17, 15) is 13.2 Å². The van der Waals surface area contributed by atoms with Crippen LogP contribution < -0.4 is 15.4 Å². The lowest BCUT2D eigenvalue weighted by molar-refractivity contribution is -0.138. The SMILES string of the molecule is COc1ccc(CNC2CCCC2C2COCCN2)c(C(F)(F)F)c1.Cl. The van der Waals surface area contributed by atoms with Crippen molar-refractivity contribution in [2.45, 2.75) is 44.1 Å². The molecule has 1 aliphatic heterocycles. The van der Waals surface area contributed by atoms with Crippen LogP contribution in [0.25, 0.3) is 0 Å². The van der Waals surface area contributed by atoms with Crippen LogP contribution >= 0.6 is 12.4 Å². The molecule has 0 spiro atoms. The van der Waals surface area contributed by atoms with Gasteiger partial charge in [-0.15, -0.1) is 12.4 Å². The van der Waals surface area contributed by atoms with Crippen molar-refractivity contribution in [1.82, 2.24) is 10.6 Å². The van der Waals surface area contributed by atoms with Gasteiger partial charge in [-0.25, -0.2) is 0 Å². The Hall–Kier alpha value is -1.02. The van der Waals surface area contributed by atoms with Crippen molar-refractivity contribution >= 4 is 12.4 Å². The molecule has 148 valence electrons. The summed E-state index contributed by atoms with van der Waals surface area (Å²) in [6.45, 7) is 2.44. The highest BCUT2D eigenvalue weighted by Gasteiger charge is 2.36.